The maximum absolute atomic E-state index is 11.6. The van der Waals surface area contributed by atoms with E-state index in [1.54, 1.807) is 0 Å². The Hall–Kier alpha value is -0.580. The number of nitrogens with one attached hydrogen (secondary N) is 2. The highest BCUT2D eigenvalue weighted by Crippen LogP contribution is 2.20. The van der Waals surface area contributed by atoms with Crippen molar-refractivity contribution >= 4 is 39.9 Å². The first-order chi connectivity index (χ1) is 7.63. The molecule has 0 heterocycles. The van der Waals surface area contributed by atoms with Crippen molar-refractivity contribution in [3.05, 3.63) is 28.2 Å². The van der Waals surface area contributed by atoms with Crippen LogP contribution in [0, 0.1) is 6.92 Å². The van der Waals surface area contributed by atoms with Crippen molar-refractivity contribution in [3.63, 3.8) is 0 Å². The Bertz CT molecular complexity index is 372. The summed E-state index contributed by atoms with van der Waals surface area (Å²) < 4.78 is 0.976. The fraction of sp³-hybridized carbons (Fsp3) is 0.417. The van der Waals surface area contributed by atoms with Gasteiger partial charge in [-0.1, -0.05) is 22.0 Å². The van der Waals surface area contributed by atoms with Gasteiger partial charge in [-0.3, -0.25) is 4.79 Å². The molecule has 0 aliphatic carbocycles. The minimum atomic E-state index is 0. The summed E-state index contributed by atoms with van der Waals surface area (Å²) in [6.45, 7) is 2.85. The summed E-state index contributed by atoms with van der Waals surface area (Å²) in [4.78, 5) is 11.6. The van der Waals surface area contributed by atoms with Crippen LogP contribution >= 0.6 is 28.3 Å². The molecule has 0 saturated carbocycles. The Morgan fingerprint density at radius 2 is 2.12 bits per heavy atom. The largest absolute Gasteiger partial charge is 0.326 e. The van der Waals surface area contributed by atoms with Gasteiger partial charge in [0.15, 0.2) is 0 Å². The third-order valence-corrected chi connectivity index (χ3v) is 2.80. The van der Waals surface area contributed by atoms with Gasteiger partial charge in [-0.2, -0.15) is 0 Å². The first-order valence-electron chi connectivity index (χ1n) is 5.34. The van der Waals surface area contributed by atoms with Crippen molar-refractivity contribution < 1.29 is 4.79 Å². The van der Waals surface area contributed by atoms with E-state index in [9.17, 15) is 4.79 Å². The van der Waals surface area contributed by atoms with Crippen molar-refractivity contribution in [1.82, 2.24) is 5.32 Å². The van der Waals surface area contributed by atoms with Crippen molar-refractivity contribution in [1.29, 1.82) is 0 Å². The van der Waals surface area contributed by atoms with Crippen LogP contribution in [0.1, 0.15) is 18.4 Å². The van der Waals surface area contributed by atoms with E-state index in [0.29, 0.717) is 6.42 Å². The molecule has 17 heavy (non-hydrogen) atoms. The van der Waals surface area contributed by atoms with Crippen LogP contribution < -0.4 is 10.6 Å². The summed E-state index contributed by atoms with van der Waals surface area (Å²) in [5.74, 6) is 0.0662. The third-order valence-electron chi connectivity index (χ3n) is 2.30. The Kier molecular flexibility index (Phi) is 8.21. The van der Waals surface area contributed by atoms with Crippen molar-refractivity contribution in [3.8, 4) is 0 Å². The number of rotatable bonds is 5. The molecule has 0 saturated heterocycles. The van der Waals surface area contributed by atoms with Gasteiger partial charge in [0.25, 0.3) is 0 Å². The quantitative estimate of drug-likeness (QED) is 0.818. The lowest BCUT2D eigenvalue weighted by Gasteiger charge is -2.08. The zero-order valence-electron chi connectivity index (χ0n) is 10.0. The molecule has 0 aliphatic rings. The molecule has 0 aromatic heterocycles. The summed E-state index contributed by atoms with van der Waals surface area (Å²) in [7, 11) is 1.89. The zero-order valence-corrected chi connectivity index (χ0v) is 12.5. The molecule has 1 rings (SSSR count). The standard InChI is InChI=1S/C12H17BrN2O.ClH/c1-9-5-6-10(13)8-11(9)15-12(16)4-3-7-14-2;/h5-6,8,14H,3-4,7H2,1-2H3,(H,15,16);1H. The van der Waals surface area contributed by atoms with Crippen LogP contribution in [-0.4, -0.2) is 19.5 Å². The Balaban J connectivity index is 0.00000256. The lowest BCUT2D eigenvalue weighted by molar-refractivity contribution is -0.116. The van der Waals surface area contributed by atoms with Crippen molar-refractivity contribution in [2.75, 3.05) is 18.9 Å². The smallest absolute Gasteiger partial charge is 0.224 e. The molecular formula is C12H18BrClN2O. The molecular weight excluding hydrogens is 304 g/mol. The van der Waals surface area contributed by atoms with Gasteiger partial charge in [-0.05, 0) is 44.6 Å². The average molecular weight is 322 g/mol. The zero-order chi connectivity index (χ0) is 12.0. The number of hydrogen-bond donors (Lipinski definition) is 2. The van der Waals surface area contributed by atoms with E-state index in [4.69, 9.17) is 0 Å². The fourth-order valence-electron chi connectivity index (χ4n) is 1.37. The van der Waals surface area contributed by atoms with Gasteiger partial charge in [-0.15, -0.1) is 12.4 Å². The maximum Gasteiger partial charge on any atom is 0.224 e. The highest BCUT2D eigenvalue weighted by molar-refractivity contribution is 9.10. The van der Waals surface area contributed by atoms with Crippen LogP contribution in [0.15, 0.2) is 22.7 Å². The maximum atomic E-state index is 11.6. The van der Waals surface area contributed by atoms with Crippen LogP contribution in [0.5, 0.6) is 0 Å². The van der Waals surface area contributed by atoms with Crippen LogP contribution in [-0.2, 0) is 4.79 Å². The predicted molar refractivity (Wildman–Crippen MR) is 77.9 cm³/mol. The molecule has 0 unspecified atom stereocenters. The second-order valence-corrected chi connectivity index (χ2v) is 4.63. The summed E-state index contributed by atoms with van der Waals surface area (Å²) >= 11 is 3.39. The lowest BCUT2D eigenvalue weighted by atomic mass is 10.2. The lowest BCUT2D eigenvalue weighted by Crippen LogP contribution is -2.15. The van der Waals surface area contributed by atoms with Crippen molar-refractivity contribution in [2.24, 2.45) is 0 Å². The SMILES string of the molecule is CNCCCC(=O)Nc1cc(Br)ccc1C.Cl. The highest BCUT2D eigenvalue weighted by Gasteiger charge is 2.04. The molecule has 0 bridgehead atoms. The third kappa shape index (κ3) is 6.05. The van der Waals surface area contributed by atoms with E-state index < -0.39 is 0 Å². The van der Waals surface area contributed by atoms with E-state index in [1.807, 2.05) is 32.2 Å². The van der Waals surface area contributed by atoms with Gasteiger partial charge in [0.1, 0.15) is 0 Å². The summed E-state index contributed by atoms with van der Waals surface area (Å²) in [5, 5.41) is 5.93. The molecule has 1 amide bonds. The summed E-state index contributed by atoms with van der Waals surface area (Å²) in [6, 6.07) is 5.87. The van der Waals surface area contributed by atoms with Gasteiger partial charge < -0.3 is 10.6 Å². The van der Waals surface area contributed by atoms with E-state index in [0.717, 1.165) is 28.7 Å². The molecule has 0 radical (unpaired) electrons. The average Bonchev–Trinajstić information content (AvgIpc) is 2.24. The van der Waals surface area contributed by atoms with E-state index in [1.165, 1.54) is 0 Å². The molecule has 0 atom stereocenters. The second kappa shape index (κ2) is 8.50. The molecule has 1 aromatic rings. The Morgan fingerprint density at radius 1 is 1.41 bits per heavy atom. The van der Waals surface area contributed by atoms with E-state index >= 15 is 0 Å². The second-order valence-electron chi connectivity index (χ2n) is 3.71. The minimum absolute atomic E-state index is 0. The predicted octanol–water partition coefficient (Wildman–Crippen LogP) is 3.12. The molecule has 1 aromatic carbocycles. The van der Waals surface area contributed by atoms with Gasteiger partial charge in [0, 0.05) is 16.6 Å². The van der Waals surface area contributed by atoms with Crippen LogP contribution in [0.2, 0.25) is 0 Å². The Morgan fingerprint density at radius 3 is 2.76 bits per heavy atom. The van der Waals surface area contributed by atoms with Gasteiger partial charge >= 0.3 is 0 Å². The number of carbonyl (C=O) groups is 1. The number of hydrogen-bond acceptors (Lipinski definition) is 2. The van der Waals surface area contributed by atoms with Crippen LogP contribution in [0.25, 0.3) is 0 Å². The topological polar surface area (TPSA) is 41.1 Å². The highest BCUT2D eigenvalue weighted by atomic mass is 79.9. The summed E-state index contributed by atoms with van der Waals surface area (Å²) in [5.41, 5.74) is 1.95. The molecule has 96 valence electrons. The van der Waals surface area contributed by atoms with Gasteiger partial charge in [-0.25, -0.2) is 0 Å². The van der Waals surface area contributed by atoms with Gasteiger partial charge in [0.05, 0.1) is 0 Å². The first kappa shape index (κ1) is 16.4. The molecule has 2 N–H and O–H groups in total. The van der Waals surface area contributed by atoms with Crippen LogP contribution in [0.3, 0.4) is 0 Å². The van der Waals surface area contributed by atoms with E-state index in [2.05, 4.69) is 26.6 Å². The van der Waals surface area contributed by atoms with E-state index in [-0.39, 0.29) is 18.3 Å². The molecule has 3 nitrogen and oxygen atoms in total. The monoisotopic (exact) mass is 320 g/mol. The molecule has 5 heteroatoms. The van der Waals surface area contributed by atoms with Crippen molar-refractivity contribution in [2.45, 2.75) is 19.8 Å². The minimum Gasteiger partial charge on any atom is -0.326 e. The first-order valence-corrected chi connectivity index (χ1v) is 6.13. The van der Waals surface area contributed by atoms with Crippen LogP contribution in [0.4, 0.5) is 5.69 Å². The number of anilines is 1. The Labute approximate surface area is 117 Å². The number of amides is 1. The molecule has 0 aliphatic heterocycles. The summed E-state index contributed by atoms with van der Waals surface area (Å²) in [6.07, 6.45) is 1.40. The molecule has 0 fully saturated rings. The number of carbonyl (C=O) groups excluding carboxylic acids is 1. The number of aryl methyl sites for hydroxylation is 1. The number of benzene rings is 1. The van der Waals surface area contributed by atoms with Gasteiger partial charge in [0.2, 0.25) is 5.91 Å². The normalized spacial score (nSPS) is 9.59. The number of halogens is 2. The fourth-order valence-corrected chi connectivity index (χ4v) is 1.73. The molecule has 0 spiro atoms.